The second-order valence-corrected chi connectivity index (χ2v) is 3.66. The highest BCUT2D eigenvalue weighted by Crippen LogP contribution is 2.17. The highest BCUT2D eigenvalue weighted by Gasteiger charge is 2.22. The van der Waals surface area contributed by atoms with Crippen molar-refractivity contribution in [1.82, 2.24) is 9.88 Å². The molecule has 1 aromatic heterocycles. The van der Waals surface area contributed by atoms with Crippen molar-refractivity contribution in [3.05, 3.63) is 30.1 Å². The van der Waals surface area contributed by atoms with Crippen molar-refractivity contribution in [3.8, 4) is 0 Å². The fourth-order valence-corrected chi connectivity index (χ4v) is 1.53. The lowest BCUT2D eigenvalue weighted by Gasteiger charge is -2.25. The van der Waals surface area contributed by atoms with Crippen molar-refractivity contribution in [2.24, 2.45) is 5.73 Å². The van der Waals surface area contributed by atoms with E-state index in [4.69, 9.17) is 18.0 Å². The Morgan fingerprint density at radius 3 is 2.67 bits per heavy atom. The van der Waals surface area contributed by atoms with Crippen LogP contribution in [0.3, 0.4) is 0 Å². The molecule has 0 saturated heterocycles. The van der Waals surface area contributed by atoms with E-state index in [-0.39, 0.29) is 10.9 Å². The van der Waals surface area contributed by atoms with Gasteiger partial charge in [0.25, 0.3) is 0 Å². The average molecular weight is 223 g/mol. The number of hydrogen-bond donors (Lipinski definition) is 1. The summed E-state index contributed by atoms with van der Waals surface area (Å²) in [6, 6.07) is 5.00. The van der Waals surface area contributed by atoms with E-state index in [9.17, 15) is 4.79 Å². The van der Waals surface area contributed by atoms with Crippen LogP contribution in [0.25, 0.3) is 0 Å². The van der Waals surface area contributed by atoms with Gasteiger partial charge in [0.1, 0.15) is 11.0 Å². The standard InChI is InChI=1S/C10H13N3OS/c1-7(14)13(2)9(10(11)15)8-5-3-4-6-12-8/h3-6,9H,1-2H3,(H2,11,15). The molecule has 1 atom stereocenters. The maximum absolute atomic E-state index is 11.2. The first-order valence-corrected chi connectivity index (χ1v) is 4.88. The van der Waals surface area contributed by atoms with Crippen LogP contribution < -0.4 is 5.73 Å². The topological polar surface area (TPSA) is 59.2 Å². The molecular formula is C10H13N3OS. The summed E-state index contributed by atoms with van der Waals surface area (Å²) in [5.74, 6) is -0.0987. The number of nitrogens with two attached hydrogens (primary N) is 1. The normalized spacial score (nSPS) is 11.9. The maximum Gasteiger partial charge on any atom is 0.220 e. The summed E-state index contributed by atoms with van der Waals surface area (Å²) in [7, 11) is 1.65. The monoisotopic (exact) mass is 223 g/mol. The summed E-state index contributed by atoms with van der Waals surface area (Å²) in [5.41, 5.74) is 6.29. The number of thiocarbonyl (C=S) groups is 1. The summed E-state index contributed by atoms with van der Waals surface area (Å²) in [4.78, 5) is 17.1. The van der Waals surface area contributed by atoms with Gasteiger partial charge in [-0.25, -0.2) is 0 Å². The second-order valence-electron chi connectivity index (χ2n) is 3.19. The van der Waals surface area contributed by atoms with Crippen molar-refractivity contribution < 1.29 is 4.79 Å². The quantitative estimate of drug-likeness (QED) is 0.773. The van der Waals surface area contributed by atoms with Crippen LogP contribution in [0.1, 0.15) is 18.7 Å². The molecular weight excluding hydrogens is 210 g/mol. The second kappa shape index (κ2) is 4.84. The van der Waals surface area contributed by atoms with Crippen LogP contribution in [-0.2, 0) is 4.79 Å². The Morgan fingerprint density at radius 2 is 2.27 bits per heavy atom. The molecule has 1 rings (SSSR count). The summed E-state index contributed by atoms with van der Waals surface area (Å²) in [6.07, 6.45) is 1.65. The number of rotatable bonds is 3. The predicted molar refractivity (Wildman–Crippen MR) is 62.2 cm³/mol. The van der Waals surface area contributed by atoms with Gasteiger partial charge in [0.15, 0.2) is 0 Å². The van der Waals surface area contributed by atoms with Crippen LogP contribution in [0, 0.1) is 0 Å². The predicted octanol–water partition coefficient (Wildman–Crippen LogP) is 0.887. The number of hydrogen-bond acceptors (Lipinski definition) is 3. The molecule has 1 amide bonds. The Labute approximate surface area is 94.1 Å². The number of pyridine rings is 1. The van der Waals surface area contributed by atoms with E-state index in [1.165, 1.54) is 11.8 Å². The molecule has 0 bridgehead atoms. The largest absolute Gasteiger partial charge is 0.391 e. The Balaban J connectivity index is 3.04. The molecule has 2 N–H and O–H groups in total. The molecule has 0 aliphatic rings. The summed E-state index contributed by atoms with van der Waals surface area (Å²) in [6.45, 7) is 1.47. The molecule has 0 aromatic carbocycles. The SMILES string of the molecule is CC(=O)N(C)C(C(N)=S)c1ccccn1. The fraction of sp³-hybridized carbons (Fsp3) is 0.300. The molecule has 0 aliphatic heterocycles. The van der Waals surface area contributed by atoms with E-state index in [2.05, 4.69) is 4.98 Å². The van der Waals surface area contributed by atoms with Gasteiger partial charge in [-0.15, -0.1) is 0 Å². The van der Waals surface area contributed by atoms with Crippen LogP contribution >= 0.6 is 12.2 Å². The van der Waals surface area contributed by atoms with Crippen molar-refractivity contribution >= 4 is 23.1 Å². The first-order chi connectivity index (χ1) is 7.04. The summed E-state index contributed by atoms with van der Waals surface area (Å²) < 4.78 is 0. The van der Waals surface area contributed by atoms with Gasteiger partial charge in [-0.05, 0) is 12.1 Å². The van der Waals surface area contributed by atoms with E-state index in [1.54, 1.807) is 25.4 Å². The number of carbonyl (C=O) groups is 1. The van der Waals surface area contributed by atoms with Gasteiger partial charge in [0, 0.05) is 20.2 Å². The number of likely N-dealkylation sites (N-methyl/N-ethyl adjacent to an activating group) is 1. The van der Waals surface area contributed by atoms with Gasteiger partial charge in [-0.3, -0.25) is 9.78 Å². The van der Waals surface area contributed by atoms with Crippen molar-refractivity contribution in [2.75, 3.05) is 7.05 Å². The molecule has 1 unspecified atom stereocenters. The smallest absolute Gasteiger partial charge is 0.220 e. The number of aromatic nitrogens is 1. The molecule has 1 aromatic rings. The molecule has 15 heavy (non-hydrogen) atoms. The number of carbonyl (C=O) groups excluding carboxylic acids is 1. The van der Waals surface area contributed by atoms with Gasteiger partial charge in [0.2, 0.25) is 5.91 Å². The lowest BCUT2D eigenvalue weighted by molar-refractivity contribution is -0.128. The molecule has 0 spiro atoms. The van der Waals surface area contributed by atoms with Crippen LogP contribution in [-0.4, -0.2) is 27.8 Å². The van der Waals surface area contributed by atoms with Crippen LogP contribution in [0.15, 0.2) is 24.4 Å². The zero-order valence-electron chi connectivity index (χ0n) is 8.68. The molecule has 0 saturated carbocycles. The minimum atomic E-state index is -0.432. The van der Waals surface area contributed by atoms with Crippen molar-refractivity contribution in [3.63, 3.8) is 0 Å². The minimum absolute atomic E-state index is 0.0987. The lowest BCUT2D eigenvalue weighted by atomic mass is 10.1. The third-order valence-electron chi connectivity index (χ3n) is 2.12. The van der Waals surface area contributed by atoms with E-state index in [1.807, 2.05) is 6.07 Å². The Morgan fingerprint density at radius 1 is 1.60 bits per heavy atom. The third-order valence-corrected chi connectivity index (χ3v) is 2.34. The minimum Gasteiger partial charge on any atom is -0.391 e. The number of nitrogens with zero attached hydrogens (tertiary/aromatic N) is 2. The first kappa shape index (κ1) is 11.6. The highest BCUT2D eigenvalue weighted by atomic mass is 32.1. The van der Waals surface area contributed by atoms with E-state index >= 15 is 0 Å². The average Bonchev–Trinajstić information content (AvgIpc) is 2.18. The molecule has 80 valence electrons. The third kappa shape index (κ3) is 2.73. The molecule has 0 aliphatic carbocycles. The van der Waals surface area contributed by atoms with Crippen LogP contribution in [0.2, 0.25) is 0 Å². The van der Waals surface area contributed by atoms with Gasteiger partial charge in [0.05, 0.1) is 5.69 Å². The van der Waals surface area contributed by atoms with Gasteiger partial charge in [-0.1, -0.05) is 18.3 Å². The van der Waals surface area contributed by atoms with Crippen LogP contribution in [0.4, 0.5) is 0 Å². The summed E-state index contributed by atoms with van der Waals surface area (Å²) >= 11 is 4.94. The van der Waals surface area contributed by atoms with Crippen molar-refractivity contribution in [2.45, 2.75) is 13.0 Å². The van der Waals surface area contributed by atoms with E-state index in [0.29, 0.717) is 5.69 Å². The lowest BCUT2D eigenvalue weighted by Crippen LogP contribution is -2.37. The molecule has 4 nitrogen and oxygen atoms in total. The number of amides is 1. The molecule has 5 heteroatoms. The highest BCUT2D eigenvalue weighted by molar-refractivity contribution is 7.80. The zero-order chi connectivity index (χ0) is 11.4. The Kier molecular flexibility index (Phi) is 3.74. The van der Waals surface area contributed by atoms with Gasteiger partial charge in [-0.2, -0.15) is 0 Å². The fourth-order valence-electron chi connectivity index (χ4n) is 1.25. The van der Waals surface area contributed by atoms with E-state index in [0.717, 1.165) is 0 Å². The summed E-state index contributed by atoms with van der Waals surface area (Å²) in [5, 5.41) is 0. The Hall–Kier alpha value is -1.49. The van der Waals surface area contributed by atoms with Crippen molar-refractivity contribution in [1.29, 1.82) is 0 Å². The van der Waals surface area contributed by atoms with E-state index < -0.39 is 6.04 Å². The Bertz CT molecular complexity index is 366. The first-order valence-electron chi connectivity index (χ1n) is 4.47. The molecule has 0 radical (unpaired) electrons. The maximum atomic E-state index is 11.2. The van der Waals surface area contributed by atoms with Crippen LogP contribution in [0.5, 0.6) is 0 Å². The molecule has 0 fully saturated rings. The van der Waals surface area contributed by atoms with Gasteiger partial charge < -0.3 is 10.6 Å². The van der Waals surface area contributed by atoms with Gasteiger partial charge >= 0.3 is 0 Å². The zero-order valence-corrected chi connectivity index (χ0v) is 9.49. The molecule has 1 heterocycles.